The molecule has 0 saturated carbocycles. The van der Waals surface area contributed by atoms with Crippen molar-refractivity contribution in [1.82, 2.24) is 4.57 Å². The number of hydrogen-bond acceptors (Lipinski definition) is 8. The molecule has 9 nitrogen and oxygen atoms in total. The number of phenolic OH excluding ortho intramolecular Hbond substituents is 1. The van der Waals surface area contributed by atoms with Gasteiger partial charge < -0.3 is 15.2 Å². The fraction of sp³-hybridized carbons (Fsp3) is 0.226. The molecule has 2 N–H and O–H groups in total. The summed E-state index contributed by atoms with van der Waals surface area (Å²) in [7, 11) is 0. The van der Waals surface area contributed by atoms with Gasteiger partial charge in [0.15, 0.2) is 11.5 Å². The maximum absolute atomic E-state index is 14.0. The molecule has 2 unspecified atom stereocenters. The molecule has 3 atom stereocenters. The van der Waals surface area contributed by atoms with Gasteiger partial charge in [-0.05, 0) is 55.8 Å². The molecule has 42 heavy (non-hydrogen) atoms. The van der Waals surface area contributed by atoms with E-state index >= 15 is 0 Å². The Morgan fingerprint density at radius 3 is 2.45 bits per heavy atom. The third-order valence-corrected chi connectivity index (χ3v) is 9.95. The highest BCUT2D eigenvalue weighted by Crippen LogP contribution is 2.54. The number of aryl methyl sites for hydroxylation is 1. The number of nitrogens with zero attached hydrogens (tertiary/aromatic N) is 2. The third-order valence-electron chi connectivity index (χ3n) is 7.34. The molecular formula is C31H27N3O6S2. The molecule has 3 aromatic carbocycles. The predicted molar refractivity (Wildman–Crippen MR) is 162 cm³/mol. The number of carbonyl (C=O) groups is 3. The fourth-order valence-electron chi connectivity index (χ4n) is 5.42. The van der Waals surface area contributed by atoms with Gasteiger partial charge in [0, 0.05) is 16.5 Å². The molecule has 2 aliphatic heterocycles. The van der Waals surface area contributed by atoms with Gasteiger partial charge in [-0.15, -0.1) is 0 Å². The first-order valence-electron chi connectivity index (χ1n) is 13.4. The van der Waals surface area contributed by atoms with E-state index in [9.17, 15) is 24.3 Å². The van der Waals surface area contributed by atoms with Gasteiger partial charge in [0.25, 0.3) is 0 Å². The number of nitrogens with one attached hydrogen (secondary N) is 1. The first-order chi connectivity index (χ1) is 20.3. The van der Waals surface area contributed by atoms with E-state index in [1.807, 2.05) is 25.1 Å². The van der Waals surface area contributed by atoms with Gasteiger partial charge in [0.05, 0.1) is 23.2 Å². The number of thiazole rings is 1. The molecule has 0 radical (unpaired) electrons. The van der Waals surface area contributed by atoms with Crippen molar-refractivity contribution in [3.8, 4) is 11.5 Å². The van der Waals surface area contributed by atoms with Crippen LogP contribution >= 0.6 is 23.1 Å². The van der Waals surface area contributed by atoms with Crippen molar-refractivity contribution in [3.63, 3.8) is 0 Å². The van der Waals surface area contributed by atoms with Gasteiger partial charge in [0.2, 0.25) is 17.7 Å². The number of fused-ring (bicyclic) bond motifs is 2. The highest BCUT2D eigenvalue weighted by molar-refractivity contribution is 8.00. The van der Waals surface area contributed by atoms with Gasteiger partial charge in [-0.3, -0.25) is 23.7 Å². The summed E-state index contributed by atoms with van der Waals surface area (Å²) in [5.74, 6) is -2.42. The van der Waals surface area contributed by atoms with Crippen LogP contribution in [0.3, 0.4) is 0 Å². The van der Waals surface area contributed by atoms with E-state index in [4.69, 9.17) is 4.74 Å². The molecule has 4 aromatic rings. The second-order valence-electron chi connectivity index (χ2n) is 10.1. The van der Waals surface area contributed by atoms with Crippen LogP contribution in [0.2, 0.25) is 0 Å². The highest BCUT2D eigenvalue weighted by Gasteiger charge is 2.57. The summed E-state index contributed by atoms with van der Waals surface area (Å²) in [6.45, 7) is 3.78. The molecule has 0 spiro atoms. The summed E-state index contributed by atoms with van der Waals surface area (Å²) in [4.78, 5) is 55.7. The molecule has 6 rings (SSSR count). The van der Waals surface area contributed by atoms with E-state index in [1.165, 1.54) is 15.5 Å². The lowest BCUT2D eigenvalue weighted by molar-refractivity contribution is -0.122. The van der Waals surface area contributed by atoms with E-state index < -0.39 is 17.1 Å². The SMILES string of the molecule is CCOc1cc([C@@H]2c3sc(=O)n(CC(=O)Nc4ccccc4)c3SC3C(=O)N(c4ccc(C)cc4)C(=O)C32)ccc1O. The Balaban J connectivity index is 1.44. The number of imide groups is 1. The van der Waals surface area contributed by atoms with Crippen molar-refractivity contribution in [2.24, 2.45) is 5.92 Å². The molecule has 1 saturated heterocycles. The maximum Gasteiger partial charge on any atom is 0.308 e. The van der Waals surface area contributed by atoms with E-state index in [-0.39, 0.29) is 40.6 Å². The minimum Gasteiger partial charge on any atom is -0.504 e. The molecule has 1 aromatic heterocycles. The van der Waals surface area contributed by atoms with Crippen LogP contribution < -0.4 is 19.8 Å². The summed E-state index contributed by atoms with van der Waals surface area (Å²) < 4.78 is 7.00. The predicted octanol–water partition coefficient (Wildman–Crippen LogP) is 4.76. The zero-order chi connectivity index (χ0) is 29.5. The van der Waals surface area contributed by atoms with Gasteiger partial charge in [-0.25, -0.2) is 4.90 Å². The zero-order valence-electron chi connectivity index (χ0n) is 22.8. The topological polar surface area (TPSA) is 118 Å². The first kappa shape index (κ1) is 27.8. The lowest BCUT2D eigenvalue weighted by Gasteiger charge is -2.31. The number of aromatic nitrogens is 1. The van der Waals surface area contributed by atoms with E-state index in [2.05, 4.69) is 5.32 Å². The summed E-state index contributed by atoms with van der Waals surface area (Å²) in [6, 6.07) is 20.9. The van der Waals surface area contributed by atoms with Crippen LogP contribution in [0, 0.1) is 12.8 Å². The van der Waals surface area contributed by atoms with Crippen LogP contribution in [0.25, 0.3) is 0 Å². The Morgan fingerprint density at radius 1 is 1.00 bits per heavy atom. The van der Waals surface area contributed by atoms with Gasteiger partial charge in [0.1, 0.15) is 11.8 Å². The second-order valence-corrected chi connectivity index (χ2v) is 12.2. The van der Waals surface area contributed by atoms with Gasteiger partial charge in [-0.1, -0.05) is 65.1 Å². The van der Waals surface area contributed by atoms with E-state index in [1.54, 1.807) is 55.5 Å². The Bertz CT molecular complexity index is 1750. The largest absolute Gasteiger partial charge is 0.504 e. The first-order valence-corrected chi connectivity index (χ1v) is 15.1. The number of ether oxygens (including phenoxy) is 1. The molecule has 214 valence electrons. The summed E-state index contributed by atoms with van der Waals surface area (Å²) >= 11 is 2.12. The summed E-state index contributed by atoms with van der Waals surface area (Å²) in [6.07, 6.45) is 0. The average molecular weight is 602 g/mol. The number of benzene rings is 3. The van der Waals surface area contributed by atoms with Crippen LogP contribution in [-0.2, 0) is 20.9 Å². The molecule has 11 heteroatoms. The molecule has 2 aliphatic rings. The lowest BCUT2D eigenvalue weighted by atomic mass is 9.83. The minimum absolute atomic E-state index is 0.0546. The van der Waals surface area contributed by atoms with E-state index in [0.29, 0.717) is 33.4 Å². The molecule has 3 amide bonds. The van der Waals surface area contributed by atoms with Crippen LogP contribution in [-0.4, -0.2) is 39.3 Å². The number of amides is 3. The van der Waals surface area contributed by atoms with Gasteiger partial charge in [-0.2, -0.15) is 0 Å². The van der Waals surface area contributed by atoms with Crippen molar-refractivity contribution in [2.75, 3.05) is 16.8 Å². The standard InChI is InChI=1S/C31H27N3O6S2/c1-3-40-22-15-18(11-14-21(22)35)24-25-26(29(38)34(28(25)37)20-12-9-17(2)10-13-20)41-30-27(24)42-31(39)33(30)16-23(36)32-19-7-5-4-6-8-19/h4-15,24-26,35H,3,16H2,1-2H3,(H,32,36)/t24-,25?,26?/m0/s1. The van der Waals surface area contributed by atoms with Crippen molar-refractivity contribution >= 4 is 52.2 Å². The maximum atomic E-state index is 14.0. The monoisotopic (exact) mass is 601 g/mol. The van der Waals surface area contributed by atoms with Crippen molar-refractivity contribution in [3.05, 3.63) is 98.5 Å². The zero-order valence-corrected chi connectivity index (χ0v) is 24.4. The normalized spacial score (nSPS) is 19.4. The van der Waals surface area contributed by atoms with Crippen molar-refractivity contribution in [1.29, 1.82) is 0 Å². The fourth-order valence-corrected chi connectivity index (χ4v) is 8.20. The second kappa shape index (κ2) is 11.1. The third kappa shape index (κ3) is 4.88. The van der Waals surface area contributed by atoms with Gasteiger partial charge >= 0.3 is 4.87 Å². The van der Waals surface area contributed by atoms with Crippen LogP contribution in [0.4, 0.5) is 11.4 Å². The smallest absolute Gasteiger partial charge is 0.308 e. The van der Waals surface area contributed by atoms with Crippen LogP contribution in [0.1, 0.15) is 28.8 Å². The summed E-state index contributed by atoms with van der Waals surface area (Å²) in [5, 5.41) is 12.8. The summed E-state index contributed by atoms with van der Waals surface area (Å²) in [5.41, 5.74) is 2.70. The Labute approximate surface area is 249 Å². The molecule has 3 heterocycles. The number of rotatable bonds is 7. The molecule has 0 aliphatic carbocycles. The van der Waals surface area contributed by atoms with Crippen LogP contribution in [0.15, 0.2) is 82.6 Å². The molecular weight excluding hydrogens is 574 g/mol. The number of thioether (sulfide) groups is 1. The van der Waals surface area contributed by atoms with Crippen LogP contribution in [0.5, 0.6) is 11.5 Å². The molecule has 1 fully saturated rings. The number of phenols is 1. The lowest BCUT2D eigenvalue weighted by Crippen LogP contribution is -2.33. The highest BCUT2D eigenvalue weighted by atomic mass is 32.2. The van der Waals surface area contributed by atoms with E-state index in [0.717, 1.165) is 28.7 Å². The Kier molecular flexibility index (Phi) is 7.38. The minimum atomic E-state index is -0.821. The van der Waals surface area contributed by atoms with Crippen molar-refractivity contribution in [2.45, 2.75) is 36.6 Å². The molecule has 0 bridgehead atoms. The van der Waals surface area contributed by atoms with Crippen molar-refractivity contribution < 1.29 is 24.2 Å². The number of carbonyl (C=O) groups excluding carboxylic acids is 3. The Hall–Kier alpha value is -4.35. The average Bonchev–Trinajstić information content (AvgIpc) is 3.41. The Morgan fingerprint density at radius 2 is 1.74 bits per heavy atom. The number of anilines is 2. The number of aromatic hydroxyl groups is 1. The number of para-hydroxylation sites is 1. The number of hydrogen-bond donors (Lipinski definition) is 2. The quantitative estimate of drug-likeness (QED) is 0.294.